The molecular weight excluding hydrogens is 330 g/mol. The van der Waals surface area contributed by atoms with Crippen molar-refractivity contribution >= 4 is 21.8 Å². The van der Waals surface area contributed by atoms with Crippen molar-refractivity contribution in [3.63, 3.8) is 0 Å². The minimum absolute atomic E-state index is 0.260. The van der Waals surface area contributed by atoms with Crippen LogP contribution in [0.5, 0.6) is 0 Å². The summed E-state index contributed by atoms with van der Waals surface area (Å²) >= 11 is 3.58. The van der Waals surface area contributed by atoms with Gasteiger partial charge in [0.05, 0.1) is 0 Å². The number of piperidine rings is 1. The standard InChI is InChI=1S/C16H24BrN3O/c1-2-5-14-6-3-4-9-20(14)11-13-8-7-12(10-15(13)17)16(21)19-18/h7-8,10,14H,2-6,9,11,18H2,1H3,(H,19,21). The van der Waals surface area contributed by atoms with Crippen molar-refractivity contribution in [2.24, 2.45) is 5.84 Å². The van der Waals surface area contributed by atoms with Gasteiger partial charge in [0.15, 0.2) is 0 Å². The number of benzene rings is 1. The van der Waals surface area contributed by atoms with Gasteiger partial charge in [-0.05, 0) is 43.5 Å². The Morgan fingerprint density at radius 3 is 2.95 bits per heavy atom. The highest BCUT2D eigenvalue weighted by Gasteiger charge is 2.22. The summed E-state index contributed by atoms with van der Waals surface area (Å²) in [6.07, 6.45) is 6.44. The lowest BCUT2D eigenvalue weighted by Gasteiger charge is -2.36. The SMILES string of the molecule is CCCC1CCCCN1Cc1ccc(C(=O)NN)cc1Br. The van der Waals surface area contributed by atoms with Crippen LogP contribution in [0, 0.1) is 0 Å². The van der Waals surface area contributed by atoms with Gasteiger partial charge in [-0.25, -0.2) is 5.84 Å². The number of carbonyl (C=O) groups is 1. The van der Waals surface area contributed by atoms with Crippen LogP contribution in [-0.4, -0.2) is 23.4 Å². The van der Waals surface area contributed by atoms with E-state index in [1.165, 1.54) is 44.2 Å². The Hall–Kier alpha value is -0.910. The number of halogens is 1. The molecule has 21 heavy (non-hydrogen) atoms. The molecule has 1 saturated heterocycles. The molecule has 1 fully saturated rings. The number of rotatable bonds is 5. The largest absolute Gasteiger partial charge is 0.296 e. The smallest absolute Gasteiger partial charge is 0.265 e. The second kappa shape index (κ2) is 7.92. The topological polar surface area (TPSA) is 58.4 Å². The summed E-state index contributed by atoms with van der Waals surface area (Å²) < 4.78 is 0.976. The maximum Gasteiger partial charge on any atom is 0.265 e. The van der Waals surface area contributed by atoms with Crippen LogP contribution >= 0.6 is 15.9 Å². The van der Waals surface area contributed by atoms with Crippen LogP contribution in [0.25, 0.3) is 0 Å². The Kier molecular flexibility index (Phi) is 6.21. The van der Waals surface area contributed by atoms with E-state index >= 15 is 0 Å². The highest BCUT2D eigenvalue weighted by molar-refractivity contribution is 9.10. The van der Waals surface area contributed by atoms with E-state index in [-0.39, 0.29) is 5.91 Å². The quantitative estimate of drug-likeness (QED) is 0.485. The lowest BCUT2D eigenvalue weighted by atomic mass is 9.97. The molecule has 1 heterocycles. The van der Waals surface area contributed by atoms with Gasteiger partial charge in [-0.1, -0.05) is 41.8 Å². The minimum atomic E-state index is -0.260. The number of nitrogen functional groups attached to an aromatic ring is 1. The molecule has 1 amide bonds. The van der Waals surface area contributed by atoms with E-state index in [4.69, 9.17) is 5.84 Å². The van der Waals surface area contributed by atoms with Crippen LogP contribution in [0.4, 0.5) is 0 Å². The zero-order valence-electron chi connectivity index (χ0n) is 12.6. The molecule has 0 spiro atoms. The second-order valence-electron chi connectivity index (χ2n) is 5.69. The molecular formula is C16H24BrN3O. The van der Waals surface area contributed by atoms with E-state index in [0.717, 1.165) is 11.0 Å². The summed E-state index contributed by atoms with van der Waals surface area (Å²) in [6.45, 7) is 4.36. The van der Waals surface area contributed by atoms with Gasteiger partial charge in [0.1, 0.15) is 0 Å². The van der Waals surface area contributed by atoms with Crippen molar-refractivity contribution in [1.29, 1.82) is 0 Å². The van der Waals surface area contributed by atoms with Crippen LogP contribution in [0.3, 0.4) is 0 Å². The summed E-state index contributed by atoms with van der Waals surface area (Å²) in [4.78, 5) is 14.1. The highest BCUT2D eigenvalue weighted by atomic mass is 79.9. The van der Waals surface area contributed by atoms with E-state index in [0.29, 0.717) is 11.6 Å². The first-order valence-electron chi connectivity index (χ1n) is 7.69. The van der Waals surface area contributed by atoms with E-state index < -0.39 is 0 Å². The summed E-state index contributed by atoms with van der Waals surface area (Å²) in [5, 5.41) is 0. The number of amides is 1. The molecule has 0 aliphatic carbocycles. The third-order valence-electron chi connectivity index (χ3n) is 4.19. The molecule has 1 unspecified atom stereocenters. The zero-order valence-corrected chi connectivity index (χ0v) is 14.2. The van der Waals surface area contributed by atoms with Gasteiger partial charge in [0.2, 0.25) is 0 Å². The lowest BCUT2D eigenvalue weighted by Crippen LogP contribution is -2.38. The highest BCUT2D eigenvalue weighted by Crippen LogP contribution is 2.26. The van der Waals surface area contributed by atoms with Gasteiger partial charge >= 0.3 is 0 Å². The number of nitrogens with two attached hydrogens (primary N) is 1. The number of carbonyl (C=O) groups excluding carboxylic acids is 1. The van der Waals surface area contributed by atoms with Crippen molar-refractivity contribution in [2.45, 2.75) is 51.6 Å². The second-order valence-corrected chi connectivity index (χ2v) is 6.54. The number of hydrazine groups is 1. The fraction of sp³-hybridized carbons (Fsp3) is 0.562. The van der Waals surface area contributed by atoms with Crippen LogP contribution in [-0.2, 0) is 6.54 Å². The molecule has 0 aromatic heterocycles. The zero-order chi connectivity index (χ0) is 15.2. The third kappa shape index (κ3) is 4.28. The van der Waals surface area contributed by atoms with E-state index in [2.05, 4.69) is 33.2 Å². The van der Waals surface area contributed by atoms with Crippen molar-refractivity contribution in [2.75, 3.05) is 6.54 Å². The summed E-state index contributed by atoms with van der Waals surface area (Å²) in [5.74, 6) is 4.91. The summed E-state index contributed by atoms with van der Waals surface area (Å²) in [7, 11) is 0. The molecule has 0 saturated carbocycles. The molecule has 1 aromatic carbocycles. The Balaban J connectivity index is 2.09. The number of nitrogens with one attached hydrogen (secondary N) is 1. The first-order chi connectivity index (χ1) is 10.2. The van der Waals surface area contributed by atoms with E-state index in [9.17, 15) is 4.79 Å². The Morgan fingerprint density at radius 1 is 1.48 bits per heavy atom. The molecule has 0 radical (unpaired) electrons. The predicted molar refractivity (Wildman–Crippen MR) is 88.8 cm³/mol. The first kappa shape index (κ1) is 16.5. The Bertz CT molecular complexity index is 490. The number of hydrogen-bond donors (Lipinski definition) is 2. The first-order valence-corrected chi connectivity index (χ1v) is 8.48. The summed E-state index contributed by atoms with van der Waals surface area (Å²) in [6, 6.07) is 6.39. The molecule has 1 aliphatic heterocycles. The number of nitrogens with zero attached hydrogens (tertiary/aromatic N) is 1. The van der Waals surface area contributed by atoms with Crippen LogP contribution in [0.2, 0.25) is 0 Å². The maximum atomic E-state index is 11.5. The van der Waals surface area contributed by atoms with Crippen molar-refractivity contribution in [1.82, 2.24) is 10.3 Å². The van der Waals surface area contributed by atoms with Crippen molar-refractivity contribution in [3.8, 4) is 0 Å². The lowest BCUT2D eigenvalue weighted by molar-refractivity contribution is 0.0953. The van der Waals surface area contributed by atoms with Gasteiger partial charge in [-0.15, -0.1) is 0 Å². The molecule has 1 aliphatic rings. The molecule has 5 heteroatoms. The fourth-order valence-electron chi connectivity index (χ4n) is 3.05. The molecule has 3 N–H and O–H groups in total. The summed E-state index contributed by atoms with van der Waals surface area (Å²) in [5.41, 5.74) is 3.97. The maximum absolute atomic E-state index is 11.5. The molecule has 2 rings (SSSR count). The fourth-order valence-corrected chi connectivity index (χ4v) is 3.55. The number of likely N-dealkylation sites (tertiary alicyclic amines) is 1. The molecule has 1 aromatic rings. The van der Waals surface area contributed by atoms with Gasteiger partial charge in [-0.2, -0.15) is 0 Å². The molecule has 0 bridgehead atoms. The third-order valence-corrected chi connectivity index (χ3v) is 4.93. The monoisotopic (exact) mass is 353 g/mol. The van der Waals surface area contributed by atoms with Crippen LogP contribution < -0.4 is 11.3 Å². The van der Waals surface area contributed by atoms with E-state index in [1.807, 2.05) is 18.2 Å². The van der Waals surface area contributed by atoms with Gasteiger partial charge in [0.25, 0.3) is 5.91 Å². The van der Waals surface area contributed by atoms with Crippen LogP contribution in [0.1, 0.15) is 54.9 Å². The van der Waals surface area contributed by atoms with E-state index in [1.54, 1.807) is 0 Å². The van der Waals surface area contributed by atoms with Gasteiger partial charge in [-0.3, -0.25) is 15.1 Å². The Morgan fingerprint density at radius 2 is 2.29 bits per heavy atom. The normalized spacial score (nSPS) is 19.5. The van der Waals surface area contributed by atoms with Gasteiger partial charge < -0.3 is 0 Å². The van der Waals surface area contributed by atoms with Gasteiger partial charge in [0, 0.05) is 22.6 Å². The van der Waals surface area contributed by atoms with Crippen molar-refractivity contribution < 1.29 is 4.79 Å². The Labute approximate surface area is 135 Å². The molecule has 116 valence electrons. The van der Waals surface area contributed by atoms with Crippen molar-refractivity contribution in [3.05, 3.63) is 33.8 Å². The molecule has 4 nitrogen and oxygen atoms in total. The molecule has 1 atom stereocenters. The predicted octanol–water partition coefficient (Wildman–Crippen LogP) is 3.21. The van der Waals surface area contributed by atoms with Crippen LogP contribution in [0.15, 0.2) is 22.7 Å². The average molecular weight is 354 g/mol. The number of hydrogen-bond acceptors (Lipinski definition) is 3. The minimum Gasteiger partial charge on any atom is -0.296 e. The average Bonchev–Trinajstić information content (AvgIpc) is 2.50.